The first kappa shape index (κ1) is 24.5. The van der Waals surface area contributed by atoms with Crippen molar-refractivity contribution in [1.29, 1.82) is 0 Å². The molecule has 0 bridgehead atoms. The van der Waals surface area contributed by atoms with Gasteiger partial charge in [0, 0.05) is 23.8 Å². The molecule has 0 aliphatic heterocycles. The van der Waals surface area contributed by atoms with Crippen molar-refractivity contribution in [1.82, 2.24) is 9.55 Å². The molecule has 1 amide bonds. The molecule has 180 valence electrons. The minimum absolute atomic E-state index is 0.0401. The van der Waals surface area contributed by atoms with Crippen molar-refractivity contribution in [2.24, 2.45) is 0 Å². The molecule has 0 aliphatic rings. The molecule has 0 radical (unpaired) electrons. The zero-order valence-corrected chi connectivity index (χ0v) is 19.9. The number of benzene rings is 2. The number of carbonyl (C=O) groups is 2. The molecule has 10 heteroatoms. The number of carboxylic acid groups (broad SMARTS) is 1. The summed E-state index contributed by atoms with van der Waals surface area (Å²) in [6.07, 6.45) is -2.60. The molecule has 0 atom stereocenters. The molecule has 2 aromatic heterocycles. The molecule has 0 unspecified atom stereocenters. The van der Waals surface area contributed by atoms with E-state index in [1.54, 1.807) is 31.2 Å². The van der Waals surface area contributed by atoms with Crippen LogP contribution in [0, 0.1) is 0 Å². The van der Waals surface area contributed by atoms with E-state index in [2.05, 4.69) is 26.2 Å². The number of rotatable bonds is 6. The second kappa shape index (κ2) is 9.53. The van der Waals surface area contributed by atoms with Crippen LogP contribution in [0.1, 0.15) is 44.5 Å². The van der Waals surface area contributed by atoms with Crippen molar-refractivity contribution in [3.63, 3.8) is 0 Å². The van der Waals surface area contributed by atoms with Crippen LogP contribution in [0.5, 0.6) is 0 Å². The van der Waals surface area contributed by atoms with Crippen LogP contribution in [0.3, 0.4) is 0 Å². The lowest BCUT2D eigenvalue weighted by atomic mass is 10.0. The number of alkyl halides is 3. The molecular formula is C25H19BrF3N3O3. The Bertz CT molecular complexity index is 1450. The first-order chi connectivity index (χ1) is 16.6. The minimum Gasteiger partial charge on any atom is -0.478 e. The number of nitrogens with zero attached hydrogens (tertiary/aromatic N) is 2. The van der Waals surface area contributed by atoms with Crippen molar-refractivity contribution in [3.8, 4) is 0 Å². The molecule has 0 saturated carbocycles. The van der Waals surface area contributed by atoms with Gasteiger partial charge in [-0.25, -0.2) is 9.78 Å². The number of carbonyl (C=O) groups excluding carboxylic acids is 1. The first-order valence-corrected chi connectivity index (χ1v) is 11.4. The normalized spacial score (nSPS) is 11.6. The Balaban J connectivity index is 1.80. The molecule has 4 aromatic rings. The van der Waals surface area contributed by atoms with Gasteiger partial charge in [-0.1, -0.05) is 25.1 Å². The van der Waals surface area contributed by atoms with Crippen molar-refractivity contribution in [2.75, 3.05) is 5.32 Å². The summed E-state index contributed by atoms with van der Waals surface area (Å²) in [5.74, 6) is -1.67. The summed E-state index contributed by atoms with van der Waals surface area (Å²) in [6, 6.07) is 12.9. The van der Waals surface area contributed by atoms with E-state index in [1.165, 1.54) is 29.0 Å². The number of hydrogen-bond donors (Lipinski definition) is 2. The third-order valence-electron chi connectivity index (χ3n) is 5.57. The van der Waals surface area contributed by atoms with E-state index in [1.807, 2.05) is 0 Å². The Morgan fingerprint density at radius 1 is 1.11 bits per heavy atom. The fourth-order valence-corrected chi connectivity index (χ4v) is 4.71. The fraction of sp³-hybridized carbons (Fsp3) is 0.160. The summed E-state index contributed by atoms with van der Waals surface area (Å²) in [6.45, 7) is 1.74. The molecule has 4 rings (SSSR count). The third kappa shape index (κ3) is 4.79. The molecule has 2 heterocycles. The van der Waals surface area contributed by atoms with E-state index in [0.29, 0.717) is 38.7 Å². The number of aromatic nitrogens is 2. The largest absolute Gasteiger partial charge is 0.478 e. The molecule has 0 fully saturated rings. The van der Waals surface area contributed by atoms with Gasteiger partial charge in [0.05, 0.1) is 15.6 Å². The average Bonchev–Trinajstić information content (AvgIpc) is 3.10. The fourth-order valence-electron chi connectivity index (χ4n) is 4.01. The maximum atomic E-state index is 13.5. The van der Waals surface area contributed by atoms with Gasteiger partial charge < -0.3 is 15.0 Å². The lowest BCUT2D eigenvalue weighted by Gasteiger charge is -2.15. The average molecular weight is 546 g/mol. The predicted molar refractivity (Wildman–Crippen MR) is 129 cm³/mol. The van der Waals surface area contributed by atoms with Gasteiger partial charge in [0.25, 0.3) is 5.91 Å². The molecule has 2 N–H and O–H groups in total. The Labute approximate surface area is 206 Å². The number of pyridine rings is 1. The molecule has 35 heavy (non-hydrogen) atoms. The van der Waals surface area contributed by atoms with Gasteiger partial charge in [-0.2, -0.15) is 13.2 Å². The highest BCUT2D eigenvalue weighted by Crippen LogP contribution is 2.33. The maximum absolute atomic E-state index is 13.5. The topological polar surface area (TPSA) is 84.2 Å². The van der Waals surface area contributed by atoms with Gasteiger partial charge in [-0.15, -0.1) is 0 Å². The van der Waals surface area contributed by atoms with Gasteiger partial charge in [0.2, 0.25) is 0 Å². The summed E-state index contributed by atoms with van der Waals surface area (Å²) in [4.78, 5) is 29.4. The van der Waals surface area contributed by atoms with Crippen LogP contribution in [0.4, 0.5) is 18.9 Å². The highest BCUT2D eigenvalue weighted by Gasteiger charge is 2.31. The van der Waals surface area contributed by atoms with Crippen LogP contribution >= 0.6 is 15.9 Å². The van der Waals surface area contributed by atoms with E-state index in [9.17, 15) is 27.9 Å². The second-order valence-electron chi connectivity index (χ2n) is 7.77. The Kier molecular flexibility index (Phi) is 6.66. The van der Waals surface area contributed by atoms with Gasteiger partial charge >= 0.3 is 12.1 Å². The summed E-state index contributed by atoms with van der Waals surface area (Å²) in [7, 11) is 0. The number of carboxylic acids is 1. The minimum atomic E-state index is -4.50. The number of fused-ring (bicyclic) bond motifs is 1. The van der Waals surface area contributed by atoms with Gasteiger partial charge in [0.15, 0.2) is 0 Å². The predicted octanol–water partition coefficient (Wildman–Crippen LogP) is 6.38. The second-order valence-corrected chi connectivity index (χ2v) is 8.56. The van der Waals surface area contributed by atoms with E-state index in [-0.39, 0.29) is 17.8 Å². The molecule has 2 aromatic carbocycles. The Morgan fingerprint density at radius 2 is 1.86 bits per heavy atom. The molecule has 0 spiro atoms. The third-order valence-corrected chi connectivity index (χ3v) is 6.38. The smallest absolute Gasteiger partial charge is 0.416 e. The maximum Gasteiger partial charge on any atom is 0.416 e. The van der Waals surface area contributed by atoms with Crippen LogP contribution in [0.2, 0.25) is 0 Å². The van der Waals surface area contributed by atoms with E-state index < -0.39 is 23.6 Å². The molecule has 0 saturated heterocycles. The highest BCUT2D eigenvalue weighted by atomic mass is 79.9. The summed E-state index contributed by atoms with van der Waals surface area (Å²) in [5, 5.41) is 12.9. The first-order valence-electron chi connectivity index (χ1n) is 10.6. The number of nitrogens with one attached hydrogen (secondary N) is 1. The van der Waals surface area contributed by atoms with Crippen molar-refractivity contribution < 1.29 is 27.9 Å². The van der Waals surface area contributed by atoms with Crippen LogP contribution in [-0.2, 0) is 19.1 Å². The van der Waals surface area contributed by atoms with Crippen molar-refractivity contribution in [3.05, 3.63) is 93.2 Å². The number of hydrogen-bond acceptors (Lipinski definition) is 3. The van der Waals surface area contributed by atoms with Crippen LogP contribution in [0.15, 0.2) is 65.3 Å². The lowest BCUT2D eigenvalue weighted by molar-refractivity contribution is -0.137. The van der Waals surface area contributed by atoms with Gasteiger partial charge in [-0.05, 0) is 69.9 Å². The van der Waals surface area contributed by atoms with E-state index in [0.717, 1.165) is 12.1 Å². The van der Waals surface area contributed by atoms with E-state index in [4.69, 9.17) is 0 Å². The number of halogens is 4. The zero-order valence-electron chi connectivity index (χ0n) is 18.4. The van der Waals surface area contributed by atoms with Crippen LogP contribution in [-0.4, -0.2) is 26.5 Å². The highest BCUT2D eigenvalue weighted by molar-refractivity contribution is 9.10. The Hall–Kier alpha value is -3.66. The zero-order chi connectivity index (χ0) is 25.3. The van der Waals surface area contributed by atoms with E-state index >= 15 is 0 Å². The number of anilines is 1. The number of aromatic carboxylic acids is 1. The SMILES string of the molecule is CCc1c(NC(=O)c2c(Br)c3cccnc3n2Cc2cccc(C(F)(F)F)c2)cccc1C(=O)O. The molecule has 6 nitrogen and oxygen atoms in total. The van der Waals surface area contributed by atoms with Gasteiger partial charge in [-0.3, -0.25) is 4.79 Å². The van der Waals surface area contributed by atoms with Crippen molar-refractivity contribution >= 4 is 44.5 Å². The molecule has 0 aliphatic carbocycles. The monoisotopic (exact) mass is 545 g/mol. The van der Waals surface area contributed by atoms with Crippen LogP contribution < -0.4 is 5.32 Å². The summed E-state index contributed by atoms with van der Waals surface area (Å²) < 4.78 is 41.7. The Morgan fingerprint density at radius 3 is 2.54 bits per heavy atom. The van der Waals surface area contributed by atoms with Crippen molar-refractivity contribution in [2.45, 2.75) is 26.1 Å². The quantitative estimate of drug-likeness (QED) is 0.294. The number of amides is 1. The molecular weight excluding hydrogens is 527 g/mol. The summed E-state index contributed by atoms with van der Waals surface area (Å²) in [5.41, 5.74) is 0.997. The van der Waals surface area contributed by atoms with Gasteiger partial charge in [0.1, 0.15) is 11.3 Å². The standard InChI is InChI=1S/C25H19BrF3N3O3/c1-2-16-17(24(34)35)8-4-10-19(16)31-23(33)21-20(26)18-9-5-11-30-22(18)32(21)13-14-6-3-7-15(12-14)25(27,28)29/h3-12H,2,13H2,1H3,(H,31,33)(H,34,35). The summed E-state index contributed by atoms with van der Waals surface area (Å²) >= 11 is 3.45. The lowest BCUT2D eigenvalue weighted by Crippen LogP contribution is -2.20. The van der Waals surface area contributed by atoms with Crippen LogP contribution in [0.25, 0.3) is 11.0 Å².